The summed E-state index contributed by atoms with van der Waals surface area (Å²) in [5.41, 5.74) is 4.71. The van der Waals surface area contributed by atoms with E-state index in [1.165, 1.54) is 27.7 Å². The second-order valence-electron chi connectivity index (χ2n) is 6.54. The molecule has 0 radical (unpaired) electrons. The molecule has 3 heteroatoms. The zero-order valence-electron chi connectivity index (χ0n) is 13.9. The molecule has 1 heterocycles. The number of likely N-dealkylation sites (N-methyl/N-ethyl adjacent to an activating group) is 1. The van der Waals surface area contributed by atoms with Crippen LogP contribution in [0.5, 0.6) is 0 Å². The largest absolute Gasteiger partial charge is 0.392 e. The molecule has 1 N–H and O–H groups in total. The molecule has 1 aliphatic heterocycles. The van der Waals surface area contributed by atoms with E-state index in [0.29, 0.717) is 0 Å². The molecule has 0 saturated heterocycles. The molecular weight excluding hydrogens is 296 g/mol. The average Bonchev–Trinajstić information content (AvgIpc) is 2.78. The lowest BCUT2D eigenvalue weighted by molar-refractivity contribution is 0.281. The van der Waals surface area contributed by atoms with E-state index in [1.54, 1.807) is 0 Å². The van der Waals surface area contributed by atoms with Gasteiger partial charge in [0.25, 0.3) is 0 Å². The van der Waals surface area contributed by atoms with Crippen molar-refractivity contribution in [2.75, 3.05) is 25.0 Å². The minimum Gasteiger partial charge on any atom is -0.392 e. The monoisotopic (exact) mass is 318 g/mol. The van der Waals surface area contributed by atoms with Crippen molar-refractivity contribution in [2.24, 2.45) is 0 Å². The number of anilines is 2. The Morgan fingerprint density at radius 1 is 0.917 bits per heavy atom. The van der Waals surface area contributed by atoms with Crippen LogP contribution in [0.4, 0.5) is 11.4 Å². The van der Waals surface area contributed by atoms with Crippen molar-refractivity contribution in [3.05, 3.63) is 71.8 Å². The number of rotatable bonds is 2. The minimum atomic E-state index is 0.0902. The highest BCUT2D eigenvalue weighted by Crippen LogP contribution is 2.33. The highest BCUT2D eigenvalue weighted by Gasteiger charge is 2.19. The third kappa shape index (κ3) is 2.77. The SMILES string of the molecule is CN1CCN(c2ccc3ccccc3c2)c2ccc(CO)cc2C1. The van der Waals surface area contributed by atoms with Crippen LogP contribution in [-0.4, -0.2) is 30.1 Å². The van der Waals surface area contributed by atoms with E-state index < -0.39 is 0 Å². The first-order chi connectivity index (χ1) is 11.7. The summed E-state index contributed by atoms with van der Waals surface area (Å²) in [4.78, 5) is 4.73. The van der Waals surface area contributed by atoms with E-state index in [4.69, 9.17) is 0 Å². The van der Waals surface area contributed by atoms with Crippen LogP contribution in [0.2, 0.25) is 0 Å². The highest BCUT2D eigenvalue weighted by molar-refractivity contribution is 5.87. The number of aliphatic hydroxyl groups is 1. The Labute approximate surface area is 142 Å². The van der Waals surface area contributed by atoms with Gasteiger partial charge >= 0.3 is 0 Å². The van der Waals surface area contributed by atoms with Crippen LogP contribution in [0.3, 0.4) is 0 Å². The van der Waals surface area contributed by atoms with Crippen molar-refractivity contribution in [1.82, 2.24) is 4.90 Å². The van der Waals surface area contributed by atoms with Crippen molar-refractivity contribution in [1.29, 1.82) is 0 Å². The van der Waals surface area contributed by atoms with Crippen molar-refractivity contribution >= 4 is 22.1 Å². The third-order valence-corrected chi connectivity index (χ3v) is 4.81. The average molecular weight is 318 g/mol. The normalized spacial score (nSPS) is 15.3. The fraction of sp³-hybridized carbons (Fsp3) is 0.238. The number of hydrogen-bond donors (Lipinski definition) is 1. The maximum atomic E-state index is 9.45. The van der Waals surface area contributed by atoms with Crippen LogP contribution in [0.25, 0.3) is 10.8 Å². The zero-order valence-corrected chi connectivity index (χ0v) is 13.9. The van der Waals surface area contributed by atoms with Crippen molar-refractivity contribution in [3.63, 3.8) is 0 Å². The molecular formula is C21H22N2O. The molecule has 24 heavy (non-hydrogen) atoms. The predicted molar refractivity (Wildman–Crippen MR) is 99.7 cm³/mol. The lowest BCUT2D eigenvalue weighted by atomic mass is 10.1. The molecule has 0 unspecified atom stereocenters. The molecule has 3 nitrogen and oxygen atoms in total. The second-order valence-corrected chi connectivity index (χ2v) is 6.54. The van der Waals surface area contributed by atoms with Crippen molar-refractivity contribution in [2.45, 2.75) is 13.2 Å². The number of aliphatic hydroxyl groups excluding tert-OH is 1. The standard InChI is InChI=1S/C21H22N2O/c1-22-10-11-23(21-9-6-16(15-24)12-19(21)14-22)20-8-7-17-4-2-3-5-18(17)13-20/h2-9,12-13,24H,10-11,14-15H2,1H3. The van der Waals surface area contributed by atoms with Gasteiger partial charge in [0.2, 0.25) is 0 Å². The van der Waals surface area contributed by atoms with Gasteiger partial charge < -0.3 is 14.9 Å². The quantitative estimate of drug-likeness (QED) is 0.776. The van der Waals surface area contributed by atoms with E-state index >= 15 is 0 Å². The molecule has 0 spiro atoms. The van der Waals surface area contributed by atoms with Gasteiger partial charge in [-0.05, 0) is 47.1 Å². The van der Waals surface area contributed by atoms with Gasteiger partial charge in [-0.25, -0.2) is 0 Å². The van der Waals surface area contributed by atoms with Crippen molar-refractivity contribution in [3.8, 4) is 0 Å². The van der Waals surface area contributed by atoms with Gasteiger partial charge in [0.05, 0.1) is 6.61 Å². The van der Waals surface area contributed by atoms with Gasteiger partial charge in [-0.1, -0.05) is 42.5 Å². The molecule has 3 aromatic rings. The maximum absolute atomic E-state index is 9.45. The predicted octanol–water partition coefficient (Wildman–Crippen LogP) is 3.92. The summed E-state index contributed by atoms with van der Waals surface area (Å²) in [6, 6.07) is 21.5. The van der Waals surface area contributed by atoms with Gasteiger partial charge in [-0.15, -0.1) is 0 Å². The maximum Gasteiger partial charge on any atom is 0.0682 e. The Bertz CT molecular complexity index is 875. The minimum absolute atomic E-state index is 0.0902. The first-order valence-electron chi connectivity index (χ1n) is 8.42. The summed E-state index contributed by atoms with van der Waals surface area (Å²) < 4.78 is 0. The van der Waals surface area contributed by atoms with Crippen LogP contribution in [0.15, 0.2) is 60.7 Å². The molecule has 1 aliphatic rings. The fourth-order valence-corrected chi connectivity index (χ4v) is 3.50. The highest BCUT2D eigenvalue weighted by atomic mass is 16.3. The summed E-state index contributed by atoms with van der Waals surface area (Å²) in [5.74, 6) is 0. The lowest BCUT2D eigenvalue weighted by Crippen LogP contribution is -2.26. The summed E-state index contributed by atoms with van der Waals surface area (Å²) in [5, 5.41) is 12.0. The molecule has 4 rings (SSSR count). The molecule has 0 amide bonds. The topological polar surface area (TPSA) is 26.7 Å². The molecule has 0 atom stereocenters. The van der Waals surface area contributed by atoms with Crippen molar-refractivity contribution < 1.29 is 5.11 Å². The van der Waals surface area contributed by atoms with E-state index in [2.05, 4.69) is 71.4 Å². The number of nitrogens with zero attached hydrogens (tertiary/aromatic N) is 2. The van der Waals surface area contributed by atoms with Gasteiger partial charge in [0.15, 0.2) is 0 Å². The zero-order chi connectivity index (χ0) is 16.5. The molecule has 0 aromatic heterocycles. The molecule has 122 valence electrons. The number of hydrogen-bond acceptors (Lipinski definition) is 3. The van der Waals surface area contributed by atoms with E-state index in [1.807, 2.05) is 6.07 Å². The van der Waals surface area contributed by atoms with E-state index in [9.17, 15) is 5.11 Å². The number of fused-ring (bicyclic) bond motifs is 2. The molecule has 3 aromatic carbocycles. The van der Waals surface area contributed by atoms with E-state index in [0.717, 1.165) is 25.2 Å². The first kappa shape index (κ1) is 15.2. The van der Waals surface area contributed by atoms with Gasteiger partial charge in [0, 0.05) is 31.0 Å². The third-order valence-electron chi connectivity index (χ3n) is 4.81. The van der Waals surface area contributed by atoms with Crippen LogP contribution < -0.4 is 4.90 Å². The molecule has 0 saturated carbocycles. The van der Waals surface area contributed by atoms with Gasteiger partial charge in [-0.2, -0.15) is 0 Å². The summed E-state index contributed by atoms with van der Waals surface area (Å²) in [6.45, 7) is 2.97. The second kappa shape index (κ2) is 6.27. The van der Waals surface area contributed by atoms with Crippen LogP contribution in [0, 0.1) is 0 Å². The Morgan fingerprint density at radius 2 is 1.75 bits per heavy atom. The lowest BCUT2D eigenvalue weighted by Gasteiger charge is -2.25. The Hall–Kier alpha value is -2.36. The smallest absolute Gasteiger partial charge is 0.0682 e. The van der Waals surface area contributed by atoms with Gasteiger partial charge in [-0.3, -0.25) is 0 Å². The van der Waals surface area contributed by atoms with Crippen LogP contribution >= 0.6 is 0 Å². The summed E-state index contributed by atoms with van der Waals surface area (Å²) >= 11 is 0. The Balaban J connectivity index is 1.81. The van der Waals surface area contributed by atoms with Crippen LogP contribution in [-0.2, 0) is 13.2 Å². The summed E-state index contributed by atoms with van der Waals surface area (Å²) in [7, 11) is 2.15. The Morgan fingerprint density at radius 3 is 2.58 bits per heavy atom. The van der Waals surface area contributed by atoms with Gasteiger partial charge in [0.1, 0.15) is 0 Å². The molecule has 0 bridgehead atoms. The fourth-order valence-electron chi connectivity index (χ4n) is 3.50. The summed E-state index contributed by atoms with van der Waals surface area (Å²) in [6.07, 6.45) is 0. The first-order valence-corrected chi connectivity index (χ1v) is 8.42. The molecule has 0 aliphatic carbocycles. The number of benzene rings is 3. The molecule has 0 fully saturated rings. The Kier molecular flexibility index (Phi) is 3.97. The van der Waals surface area contributed by atoms with E-state index in [-0.39, 0.29) is 6.61 Å². The van der Waals surface area contributed by atoms with Crippen LogP contribution in [0.1, 0.15) is 11.1 Å².